The third kappa shape index (κ3) is 5.70. The first-order valence-electron chi connectivity index (χ1n) is 14.2. The van der Waals surface area contributed by atoms with Gasteiger partial charge in [-0.25, -0.2) is 0 Å². The van der Waals surface area contributed by atoms with Crippen LogP contribution in [0.5, 0.6) is 0 Å². The van der Waals surface area contributed by atoms with Crippen LogP contribution in [0.3, 0.4) is 0 Å². The van der Waals surface area contributed by atoms with Crippen molar-refractivity contribution in [3.63, 3.8) is 0 Å². The molecule has 6 rings (SSSR count). The van der Waals surface area contributed by atoms with Crippen molar-refractivity contribution >= 4 is 45.8 Å². The summed E-state index contributed by atoms with van der Waals surface area (Å²) < 4.78 is 0. The van der Waals surface area contributed by atoms with Crippen LogP contribution in [0.25, 0.3) is 10.8 Å². The number of rotatable bonds is 9. The highest BCUT2D eigenvalue weighted by Gasteiger charge is 2.36. The molecule has 6 nitrogen and oxygen atoms in total. The highest BCUT2D eigenvalue weighted by Crippen LogP contribution is 2.37. The molecule has 3 amide bonds. The maximum atomic E-state index is 14.3. The quantitative estimate of drug-likeness (QED) is 0.264. The molecule has 41 heavy (non-hydrogen) atoms. The predicted molar refractivity (Wildman–Crippen MR) is 162 cm³/mol. The SMILES string of the molecule is O=C(NC1CCCC1)[C@H](Cc1ccccc1)N(Cc1ccc(Cl)cc1)C(=O)CN1C(=O)c2cccc3cccc1c23. The minimum atomic E-state index is -0.753. The molecule has 4 aromatic rings. The molecule has 0 radical (unpaired) electrons. The molecule has 0 unspecified atom stereocenters. The second kappa shape index (κ2) is 11.8. The van der Waals surface area contributed by atoms with Crippen LogP contribution in [0.1, 0.15) is 47.2 Å². The fourth-order valence-electron chi connectivity index (χ4n) is 6.07. The number of benzene rings is 4. The van der Waals surface area contributed by atoms with Crippen molar-refractivity contribution in [3.05, 3.63) is 113 Å². The molecule has 1 heterocycles. The molecule has 0 saturated heterocycles. The van der Waals surface area contributed by atoms with Crippen molar-refractivity contribution in [2.75, 3.05) is 11.4 Å². The van der Waals surface area contributed by atoms with E-state index >= 15 is 0 Å². The van der Waals surface area contributed by atoms with Gasteiger partial charge in [-0.05, 0) is 53.6 Å². The van der Waals surface area contributed by atoms with Gasteiger partial charge in [0.2, 0.25) is 11.8 Å². The number of hydrogen-bond acceptors (Lipinski definition) is 3. The Bertz CT molecular complexity index is 1580. The molecule has 1 aliphatic heterocycles. The van der Waals surface area contributed by atoms with Crippen LogP contribution in [0.2, 0.25) is 5.02 Å². The van der Waals surface area contributed by atoms with Crippen LogP contribution in [-0.2, 0) is 22.6 Å². The van der Waals surface area contributed by atoms with E-state index in [1.807, 2.05) is 72.8 Å². The van der Waals surface area contributed by atoms with E-state index in [4.69, 9.17) is 11.6 Å². The monoisotopic (exact) mass is 565 g/mol. The van der Waals surface area contributed by atoms with Crippen LogP contribution in [-0.4, -0.2) is 41.2 Å². The first kappa shape index (κ1) is 27.0. The van der Waals surface area contributed by atoms with Gasteiger partial charge >= 0.3 is 0 Å². The first-order valence-corrected chi connectivity index (χ1v) is 14.6. The average molecular weight is 566 g/mol. The molecule has 0 spiro atoms. The number of halogens is 1. The van der Waals surface area contributed by atoms with Gasteiger partial charge in [-0.15, -0.1) is 0 Å². The zero-order chi connectivity index (χ0) is 28.3. The molecule has 1 atom stereocenters. The van der Waals surface area contributed by atoms with E-state index in [0.717, 1.165) is 53.3 Å². The highest BCUT2D eigenvalue weighted by molar-refractivity contribution is 6.30. The van der Waals surface area contributed by atoms with E-state index in [-0.39, 0.29) is 36.9 Å². The molecule has 1 aliphatic carbocycles. The summed E-state index contributed by atoms with van der Waals surface area (Å²) in [5, 5.41) is 5.64. The Kier molecular flexibility index (Phi) is 7.75. The summed E-state index contributed by atoms with van der Waals surface area (Å²) in [5.74, 6) is -0.659. The van der Waals surface area contributed by atoms with Gasteiger partial charge in [-0.3, -0.25) is 19.3 Å². The maximum absolute atomic E-state index is 14.3. The standard InChI is InChI=1S/C34H32ClN3O3/c35-26-18-16-24(17-19-26)21-37(30(20-23-8-2-1-3-9-23)33(40)36-27-12-4-5-13-27)31(39)22-38-29-15-7-11-25-10-6-14-28(32(25)29)34(38)41/h1-3,6-11,14-19,27,30H,4-5,12-13,20-22H2,(H,36,40)/t30-/m0/s1. The lowest BCUT2D eigenvalue weighted by Crippen LogP contribution is -2.54. The Morgan fingerprint density at radius 1 is 0.878 bits per heavy atom. The molecule has 7 heteroatoms. The third-order valence-corrected chi connectivity index (χ3v) is 8.43. The van der Waals surface area contributed by atoms with Crippen molar-refractivity contribution in [3.8, 4) is 0 Å². The van der Waals surface area contributed by atoms with Crippen LogP contribution in [0.15, 0.2) is 91.0 Å². The maximum Gasteiger partial charge on any atom is 0.259 e. The van der Waals surface area contributed by atoms with E-state index in [1.54, 1.807) is 28.0 Å². The number of carbonyl (C=O) groups is 3. The van der Waals surface area contributed by atoms with Gasteiger partial charge in [0, 0.05) is 35.0 Å². The Morgan fingerprint density at radius 3 is 2.32 bits per heavy atom. The summed E-state index contributed by atoms with van der Waals surface area (Å²) >= 11 is 6.15. The number of nitrogens with one attached hydrogen (secondary N) is 1. The summed E-state index contributed by atoms with van der Waals surface area (Å²) in [4.78, 5) is 44.9. The summed E-state index contributed by atoms with van der Waals surface area (Å²) in [6.45, 7) is 0.0486. The molecule has 4 aromatic carbocycles. The lowest BCUT2D eigenvalue weighted by Gasteiger charge is -2.33. The number of amides is 3. The van der Waals surface area contributed by atoms with E-state index in [1.165, 1.54) is 0 Å². The summed E-state index contributed by atoms with van der Waals surface area (Å²) in [6.07, 6.45) is 4.43. The van der Waals surface area contributed by atoms with Crippen LogP contribution in [0, 0.1) is 0 Å². The van der Waals surface area contributed by atoms with Gasteiger partial charge in [0.15, 0.2) is 0 Å². The first-order chi connectivity index (χ1) is 20.0. The number of hydrogen-bond donors (Lipinski definition) is 1. The topological polar surface area (TPSA) is 69.7 Å². The third-order valence-electron chi connectivity index (χ3n) is 8.18. The van der Waals surface area contributed by atoms with Crippen molar-refractivity contribution in [1.29, 1.82) is 0 Å². The fourth-order valence-corrected chi connectivity index (χ4v) is 6.20. The predicted octanol–water partition coefficient (Wildman–Crippen LogP) is 6.15. The van der Waals surface area contributed by atoms with Gasteiger partial charge < -0.3 is 10.2 Å². The summed E-state index contributed by atoms with van der Waals surface area (Å²) in [5.41, 5.74) is 3.13. The van der Waals surface area contributed by atoms with Crippen LogP contribution in [0.4, 0.5) is 5.69 Å². The second-order valence-corrected chi connectivity index (χ2v) is 11.4. The summed E-state index contributed by atoms with van der Waals surface area (Å²) in [7, 11) is 0. The molecule has 1 fully saturated rings. The smallest absolute Gasteiger partial charge is 0.259 e. The largest absolute Gasteiger partial charge is 0.352 e. The molecule has 1 saturated carbocycles. The van der Waals surface area contributed by atoms with Crippen LogP contribution < -0.4 is 10.2 Å². The molecular weight excluding hydrogens is 534 g/mol. The lowest BCUT2D eigenvalue weighted by atomic mass is 10.0. The van der Waals surface area contributed by atoms with Gasteiger partial charge in [-0.1, -0.05) is 91.2 Å². The van der Waals surface area contributed by atoms with E-state index in [9.17, 15) is 14.4 Å². The van der Waals surface area contributed by atoms with E-state index in [2.05, 4.69) is 5.32 Å². The van der Waals surface area contributed by atoms with Crippen molar-refractivity contribution in [2.24, 2.45) is 0 Å². The van der Waals surface area contributed by atoms with Gasteiger partial charge in [-0.2, -0.15) is 0 Å². The fraction of sp³-hybridized carbons (Fsp3) is 0.265. The minimum Gasteiger partial charge on any atom is -0.352 e. The second-order valence-electron chi connectivity index (χ2n) is 10.9. The Hall–Kier alpha value is -4.16. The van der Waals surface area contributed by atoms with E-state index in [0.29, 0.717) is 17.0 Å². The Labute approximate surface area is 244 Å². The molecule has 0 aromatic heterocycles. The number of nitrogens with zero attached hydrogens (tertiary/aromatic N) is 2. The molecule has 2 aliphatic rings. The average Bonchev–Trinajstić information content (AvgIpc) is 3.60. The summed E-state index contributed by atoms with van der Waals surface area (Å²) in [6, 6.07) is 27.8. The van der Waals surface area contributed by atoms with Crippen molar-refractivity contribution < 1.29 is 14.4 Å². The Balaban J connectivity index is 1.34. The minimum absolute atomic E-state index is 0.112. The highest BCUT2D eigenvalue weighted by atomic mass is 35.5. The Morgan fingerprint density at radius 2 is 1.59 bits per heavy atom. The molecule has 208 valence electrons. The zero-order valence-electron chi connectivity index (χ0n) is 22.8. The number of carbonyl (C=O) groups excluding carboxylic acids is 3. The lowest BCUT2D eigenvalue weighted by molar-refractivity contribution is -0.140. The molecular formula is C34H32ClN3O3. The van der Waals surface area contributed by atoms with Gasteiger partial charge in [0.1, 0.15) is 12.6 Å². The zero-order valence-corrected chi connectivity index (χ0v) is 23.5. The van der Waals surface area contributed by atoms with Gasteiger partial charge in [0.25, 0.3) is 5.91 Å². The van der Waals surface area contributed by atoms with E-state index < -0.39 is 6.04 Å². The van der Waals surface area contributed by atoms with Crippen LogP contribution >= 0.6 is 11.6 Å². The molecule has 1 N–H and O–H groups in total. The van der Waals surface area contributed by atoms with Crippen molar-refractivity contribution in [1.82, 2.24) is 10.2 Å². The normalized spacial score (nSPS) is 15.3. The van der Waals surface area contributed by atoms with Crippen molar-refractivity contribution in [2.45, 2.75) is 50.7 Å². The number of anilines is 1. The van der Waals surface area contributed by atoms with Gasteiger partial charge in [0.05, 0.1) is 5.69 Å². The molecule has 0 bridgehead atoms.